The molecule has 3 N–H and O–H groups in total. The van der Waals surface area contributed by atoms with E-state index in [1.165, 1.54) is 0 Å². The third-order valence-corrected chi connectivity index (χ3v) is 5.48. The van der Waals surface area contributed by atoms with Gasteiger partial charge in [-0.2, -0.15) is 0 Å². The lowest BCUT2D eigenvalue weighted by Gasteiger charge is -2.40. The zero-order valence-electron chi connectivity index (χ0n) is 17.4. The van der Waals surface area contributed by atoms with Crippen LogP contribution in [-0.2, 0) is 9.53 Å². The van der Waals surface area contributed by atoms with E-state index >= 15 is 0 Å². The second-order valence-corrected chi connectivity index (χ2v) is 8.72. The first-order valence-electron chi connectivity index (χ1n) is 9.99. The Hall–Kier alpha value is -1.30. The molecule has 1 fully saturated rings. The van der Waals surface area contributed by atoms with Gasteiger partial charge in [-0.15, -0.1) is 0 Å². The zero-order chi connectivity index (χ0) is 20.0. The summed E-state index contributed by atoms with van der Waals surface area (Å²) in [5.74, 6) is 0.0772. The lowest BCUT2D eigenvalue weighted by molar-refractivity contribution is -0.134. The summed E-state index contributed by atoms with van der Waals surface area (Å²) < 4.78 is 5.35. The van der Waals surface area contributed by atoms with Gasteiger partial charge in [0, 0.05) is 12.6 Å². The molecular formula is C20H38N2O4. The van der Waals surface area contributed by atoms with Crippen molar-refractivity contribution < 1.29 is 19.4 Å². The van der Waals surface area contributed by atoms with Crippen LogP contribution in [0.2, 0.25) is 0 Å². The van der Waals surface area contributed by atoms with Gasteiger partial charge in [0.25, 0.3) is 0 Å². The number of alkyl carbamates (subject to hydrolysis) is 1. The average Bonchev–Trinajstić information content (AvgIpc) is 2.54. The number of hydrogen-bond donors (Lipinski definition) is 3. The van der Waals surface area contributed by atoms with Gasteiger partial charge in [-0.05, 0) is 46.5 Å². The van der Waals surface area contributed by atoms with Crippen LogP contribution in [-0.4, -0.2) is 41.4 Å². The minimum atomic E-state index is -0.692. The number of ether oxygens (including phenoxy) is 1. The van der Waals surface area contributed by atoms with Crippen molar-refractivity contribution in [3.63, 3.8) is 0 Å². The Morgan fingerprint density at radius 3 is 2.38 bits per heavy atom. The molecule has 152 valence electrons. The van der Waals surface area contributed by atoms with Gasteiger partial charge in [0.05, 0.1) is 11.5 Å². The molecule has 0 spiro atoms. The van der Waals surface area contributed by atoms with Gasteiger partial charge in [-0.3, -0.25) is 4.79 Å². The normalized spacial score (nSPS) is 24.8. The van der Waals surface area contributed by atoms with Crippen LogP contribution in [0, 0.1) is 11.3 Å². The van der Waals surface area contributed by atoms with E-state index in [0.29, 0.717) is 6.42 Å². The molecule has 1 rings (SSSR count). The summed E-state index contributed by atoms with van der Waals surface area (Å²) in [5, 5.41) is 16.1. The molecule has 0 radical (unpaired) electrons. The number of carbonyl (C=O) groups is 2. The van der Waals surface area contributed by atoms with E-state index in [9.17, 15) is 14.7 Å². The van der Waals surface area contributed by atoms with E-state index in [1.54, 1.807) is 0 Å². The Labute approximate surface area is 158 Å². The van der Waals surface area contributed by atoms with Crippen LogP contribution in [0.1, 0.15) is 80.1 Å². The molecule has 6 nitrogen and oxygen atoms in total. The van der Waals surface area contributed by atoms with E-state index in [1.807, 2.05) is 41.5 Å². The van der Waals surface area contributed by atoms with Crippen LogP contribution in [0.3, 0.4) is 0 Å². The maximum atomic E-state index is 12.9. The summed E-state index contributed by atoms with van der Waals surface area (Å²) >= 11 is 0. The summed E-state index contributed by atoms with van der Waals surface area (Å²) in [5.41, 5.74) is -1.26. The second kappa shape index (κ2) is 9.58. The Bertz CT molecular complexity index is 471. The van der Waals surface area contributed by atoms with Gasteiger partial charge >= 0.3 is 6.09 Å². The topological polar surface area (TPSA) is 87.7 Å². The largest absolute Gasteiger partial charge is 0.444 e. The molecule has 0 aromatic carbocycles. The zero-order valence-corrected chi connectivity index (χ0v) is 17.4. The summed E-state index contributed by atoms with van der Waals surface area (Å²) in [6, 6.07) is -0.267. The van der Waals surface area contributed by atoms with E-state index in [-0.39, 0.29) is 24.4 Å². The van der Waals surface area contributed by atoms with Crippen molar-refractivity contribution in [3.8, 4) is 0 Å². The van der Waals surface area contributed by atoms with E-state index < -0.39 is 23.2 Å². The molecule has 3 unspecified atom stereocenters. The van der Waals surface area contributed by atoms with E-state index in [4.69, 9.17) is 4.74 Å². The van der Waals surface area contributed by atoms with Crippen molar-refractivity contribution in [2.75, 3.05) is 6.54 Å². The molecule has 0 bridgehead atoms. The third kappa shape index (κ3) is 6.45. The molecule has 1 aliphatic rings. The highest BCUT2D eigenvalue weighted by Crippen LogP contribution is 2.36. The highest BCUT2D eigenvalue weighted by Gasteiger charge is 2.44. The number of amides is 2. The molecule has 0 aromatic rings. The fraction of sp³-hybridized carbons (Fsp3) is 0.900. The molecule has 0 heterocycles. The summed E-state index contributed by atoms with van der Waals surface area (Å²) in [4.78, 5) is 25.1. The molecular weight excluding hydrogens is 332 g/mol. The number of aliphatic hydroxyl groups excluding tert-OH is 1. The van der Waals surface area contributed by atoms with E-state index in [2.05, 4.69) is 10.6 Å². The lowest BCUT2D eigenvalue weighted by Crippen LogP contribution is -2.57. The van der Waals surface area contributed by atoms with Crippen molar-refractivity contribution in [2.45, 2.75) is 97.8 Å². The SMILES string of the molecule is CCC(CC)C(O)CNC(=O)C1(C)CCCCC1NC(=O)OC(C)(C)C. The lowest BCUT2D eigenvalue weighted by atomic mass is 9.71. The van der Waals surface area contributed by atoms with Gasteiger partial charge in [0.2, 0.25) is 5.91 Å². The standard InChI is InChI=1S/C20H38N2O4/c1-7-14(8-2)15(23)13-21-17(24)20(6)12-10-9-11-16(20)22-18(25)26-19(3,4)5/h14-16,23H,7-13H2,1-6H3,(H,21,24)(H,22,25). The van der Waals surface area contributed by atoms with Gasteiger partial charge in [0.1, 0.15) is 5.60 Å². The van der Waals surface area contributed by atoms with Gasteiger partial charge in [0.15, 0.2) is 0 Å². The highest BCUT2D eigenvalue weighted by molar-refractivity contribution is 5.84. The number of carbonyl (C=O) groups excluding carboxylic acids is 2. The van der Waals surface area contributed by atoms with Gasteiger partial charge in [-0.25, -0.2) is 4.79 Å². The monoisotopic (exact) mass is 370 g/mol. The highest BCUT2D eigenvalue weighted by atomic mass is 16.6. The predicted octanol–water partition coefficient (Wildman–Crippen LogP) is 3.37. The summed E-state index contributed by atoms with van der Waals surface area (Å²) in [6.07, 6.45) is 4.12. The molecule has 1 saturated carbocycles. The van der Waals surface area contributed by atoms with Crippen LogP contribution in [0.15, 0.2) is 0 Å². The number of rotatable bonds is 7. The van der Waals surface area contributed by atoms with Crippen LogP contribution in [0.5, 0.6) is 0 Å². The second-order valence-electron chi connectivity index (χ2n) is 8.72. The Balaban J connectivity index is 2.72. The Kier molecular flexibility index (Phi) is 8.38. The molecule has 26 heavy (non-hydrogen) atoms. The van der Waals surface area contributed by atoms with Crippen molar-refractivity contribution in [1.29, 1.82) is 0 Å². The average molecular weight is 371 g/mol. The maximum absolute atomic E-state index is 12.9. The van der Waals surface area contributed by atoms with Crippen LogP contribution >= 0.6 is 0 Å². The van der Waals surface area contributed by atoms with Gasteiger partial charge < -0.3 is 20.5 Å². The Morgan fingerprint density at radius 2 is 1.85 bits per heavy atom. The minimum absolute atomic E-state index is 0.108. The number of aliphatic hydroxyl groups is 1. The van der Waals surface area contributed by atoms with Crippen molar-refractivity contribution in [1.82, 2.24) is 10.6 Å². The van der Waals surface area contributed by atoms with Crippen molar-refractivity contribution in [3.05, 3.63) is 0 Å². The fourth-order valence-electron chi connectivity index (χ4n) is 3.69. The Morgan fingerprint density at radius 1 is 1.23 bits per heavy atom. The first kappa shape index (κ1) is 22.7. The van der Waals surface area contributed by atoms with Crippen molar-refractivity contribution >= 4 is 12.0 Å². The molecule has 3 atom stereocenters. The molecule has 1 aliphatic carbocycles. The first-order valence-corrected chi connectivity index (χ1v) is 9.99. The minimum Gasteiger partial charge on any atom is -0.444 e. The molecule has 6 heteroatoms. The smallest absolute Gasteiger partial charge is 0.407 e. The number of nitrogens with one attached hydrogen (secondary N) is 2. The molecule has 0 aliphatic heterocycles. The first-order chi connectivity index (χ1) is 12.0. The third-order valence-electron chi connectivity index (χ3n) is 5.48. The van der Waals surface area contributed by atoms with Crippen LogP contribution in [0.25, 0.3) is 0 Å². The predicted molar refractivity (Wildman–Crippen MR) is 103 cm³/mol. The van der Waals surface area contributed by atoms with Crippen LogP contribution in [0.4, 0.5) is 4.79 Å². The summed E-state index contributed by atoms with van der Waals surface area (Å²) in [7, 11) is 0. The van der Waals surface area contributed by atoms with Gasteiger partial charge in [-0.1, -0.05) is 39.5 Å². The van der Waals surface area contributed by atoms with Crippen LogP contribution < -0.4 is 10.6 Å². The molecule has 0 aromatic heterocycles. The summed E-state index contributed by atoms with van der Waals surface area (Å²) in [6.45, 7) is 11.7. The quantitative estimate of drug-likeness (QED) is 0.641. The fourth-order valence-corrected chi connectivity index (χ4v) is 3.69. The molecule has 2 amide bonds. The maximum Gasteiger partial charge on any atom is 0.407 e. The van der Waals surface area contributed by atoms with Crippen molar-refractivity contribution in [2.24, 2.45) is 11.3 Å². The van der Waals surface area contributed by atoms with E-state index in [0.717, 1.165) is 32.1 Å². The molecule has 0 saturated heterocycles. The number of hydrogen-bond acceptors (Lipinski definition) is 4.